The molecule has 0 amide bonds. The standard InChI is InChI=1S/C16H20ClNOS/c1-12(2)9-18-10-13-5-3-4-6-15(13)19-11-14-7-8-16(17)20-14/h3-8,12,18H,9-11H2,1-2H3. The van der Waals surface area contributed by atoms with Crippen molar-refractivity contribution in [1.29, 1.82) is 0 Å². The SMILES string of the molecule is CC(C)CNCc1ccccc1OCc1ccc(Cl)s1. The van der Waals surface area contributed by atoms with E-state index in [9.17, 15) is 0 Å². The molecule has 2 rings (SSSR count). The Balaban J connectivity index is 1.93. The van der Waals surface area contributed by atoms with Crippen molar-refractivity contribution in [2.75, 3.05) is 6.54 Å². The highest BCUT2D eigenvalue weighted by molar-refractivity contribution is 7.16. The van der Waals surface area contributed by atoms with Gasteiger partial charge in [-0.25, -0.2) is 0 Å². The van der Waals surface area contributed by atoms with Crippen molar-refractivity contribution < 1.29 is 4.74 Å². The van der Waals surface area contributed by atoms with E-state index in [0.29, 0.717) is 12.5 Å². The van der Waals surface area contributed by atoms with E-state index in [2.05, 4.69) is 25.2 Å². The summed E-state index contributed by atoms with van der Waals surface area (Å²) >= 11 is 7.48. The van der Waals surface area contributed by atoms with Crippen LogP contribution < -0.4 is 10.1 Å². The summed E-state index contributed by atoms with van der Waals surface area (Å²) < 4.78 is 6.71. The van der Waals surface area contributed by atoms with Gasteiger partial charge in [0.15, 0.2) is 0 Å². The van der Waals surface area contributed by atoms with Gasteiger partial charge < -0.3 is 10.1 Å². The Hall–Kier alpha value is -1.03. The topological polar surface area (TPSA) is 21.3 Å². The minimum absolute atomic E-state index is 0.568. The Morgan fingerprint density at radius 1 is 1.20 bits per heavy atom. The lowest BCUT2D eigenvalue weighted by Crippen LogP contribution is -2.19. The third-order valence-corrected chi connectivity index (χ3v) is 4.04. The Labute approximate surface area is 129 Å². The summed E-state index contributed by atoms with van der Waals surface area (Å²) in [5, 5.41) is 3.45. The van der Waals surface area contributed by atoms with Gasteiger partial charge in [-0.2, -0.15) is 0 Å². The smallest absolute Gasteiger partial charge is 0.124 e. The summed E-state index contributed by atoms with van der Waals surface area (Å²) in [6.45, 7) is 6.82. The van der Waals surface area contributed by atoms with Crippen LogP contribution in [0, 0.1) is 5.92 Å². The molecular formula is C16H20ClNOS. The molecule has 0 aliphatic heterocycles. The highest BCUT2D eigenvalue weighted by Gasteiger charge is 2.05. The van der Waals surface area contributed by atoms with E-state index in [-0.39, 0.29) is 0 Å². The van der Waals surface area contributed by atoms with Crippen LogP contribution in [-0.4, -0.2) is 6.54 Å². The molecule has 0 aliphatic rings. The zero-order valence-electron chi connectivity index (χ0n) is 11.9. The Morgan fingerprint density at radius 2 is 2.00 bits per heavy atom. The number of ether oxygens (including phenoxy) is 1. The van der Waals surface area contributed by atoms with Crippen LogP contribution in [0.25, 0.3) is 0 Å². The molecule has 0 atom stereocenters. The van der Waals surface area contributed by atoms with Crippen LogP contribution in [0.3, 0.4) is 0 Å². The van der Waals surface area contributed by atoms with Crippen molar-refractivity contribution in [3.05, 3.63) is 51.2 Å². The quantitative estimate of drug-likeness (QED) is 0.798. The molecule has 0 saturated carbocycles. The molecule has 0 saturated heterocycles. The van der Waals surface area contributed by atoms with E-state index in [1.807, 2.05) is 30.3 Å². The highest BCUT2D eigenvalue weighted by Crippen LogP contribution is 2.24. The van der Waals surface area contributed by atoms with Crippen LogP contribution in [0.5, 0.6) is 5.75 Å². The number of nitrogens with one attached hydrogen (secondary N) is 1. The lowest BCUT2D eigenvalue weighted by atomic mass is 10.2. The molecule has 1 aromatic carbocycles. The van der Waals surface area contributed by atoms with Crippen molar-refractivity contribution in [2.45, 2.75) is 27.0 Å². The second kappa shape index (κ2) is 7.67. The maximum absolute atomic E-state index is 5.92. The summed E-state index contributed by atoms with van der Waals surface area (Å²) in [6.07, 6.45) is 0. The Kier molecular flexibility index (Phi) is 5.89. The van der Waals surface area contributed by atoms with Crippen LogP contribution in [0.2, 0.25) is 4.34 Å². The van der Waals surface area contributed by atoms with E-state index in [1.54, 1.807) is 11.3 Å². The van der Waals surface area contributed by atoms with E-state index >= 15 is 0 Å². The molecule has 0 radical (unpaired) electrons. The van der Waals surface area contributed by atoms with E-state index in [1.165, 1.54) is 5.56 Å². The molecule has 0 bridgehead atoms. The van der Waals surface area contributed by atoms with Crippen molar-refractivity contribution in [1.82, 2.24) is 5.32 Å². The first-order valence-corrected chi connectivity index (χ1v) is 8.00. The third-order valence-electron chi connectivity index (χ3n) is 2.84. The average molecular weight is 310 g/mol. The van der Waals surface area contributed by atoms with Gasteiger partial charge in [0.05, 0.1) is 4.34 Å². The van der Waals surface area contributed by atoms with Gasteiger partial charge in [-0.05, 0) is 30.7 Å². The normalized spacial score (nSPS) is 11.0. The number of halogens is 1. The first kappa shape index (κ1) is 15.4. The molecule has 0 aliphatic carbocycles. The van der Waals surface area contributed by atoms with Gasteiger partial charge in [-0.3, -0.25) is 0 Å². The summed E-state index contributed by atoms with van der Waals surface area (Å²) in [7, 11) is 0. The van der Waals surface area contributed by atoms with Gasteiger partial charge in [-0.1, -0.05) is 43.6 Å². The lowest BCUT2D eigenvalue weighted by molar-refractivity contribution is 0.305. The van der Waals surface area contributed by atoms with Gasteiger partial charge in [-0.15, -0.1) is 11.3 Å². The Morgan fingerprint density at radius 3 is 2.70 bits per heavy atom. The first-order chi connectivity index (χ1) is 9.65. The zero-order valence-corrected chi connectivity index (χ0v) is 13.4. The number of hydrogen-bond donors (Lipinski definition) is 1. The van der Waals surface area contributed by atoms with Crippen molar-refractivity contribution in [2.24, 2.45) is 5.92 Å². The third kappa shape index (κ3) is 4.82. The van der Waals surface area contributed by atoms with Gasteiger partial charge in [0.1, 0.15) is 12.4 Å². The second-order valence-electron chi connectivity index (χ2n) is 5.13. The monoisotopic (exact) mass is 309 g/mol. The molecule has 2 aromatic rings. The Bertz CT molecular complexity index is 539. The lowest BCUT2D eigenvalue weighted by Gasteiger charge is -2.12. The van der Waals surface area contributed by atoms with E-state index in [0.717, 1.165) is 28.1 Å². The van der Waals surface area contributed by atoms with Crippen molar-refractivity contribution in [3.63, 3.8) is 0 Å². The van der Waals surface area contributed by atoms with Crippen molar-refractivity contribution in [3.8, 4) is 5.75 Å². The summed E-state index contributed by atoms with van der Waals surface area (Å²) in [4.78, 5) is 1.14. The van der Waals surface area contributed by atoms with Gasteiger partial charge in [0.25, 0.3) is 0 Å². The fourth-order valence-corrected chi connectivity index (χ4v) is 2.87. The number of rotatable bonds is 7. The van der Waals surface area contributed by atoms with Gasteiger partial charge in [0, 0.05) is 17.0 Å². The van der Waals surface area contributed by atoms with E-state index in [4.69, 9.17) is 16.3 Å². The maximum Gasteiger partial charge on any atom is 0.124 e. The predicted molar refractivity (Wildman–Crippen MR) is 86.6 cm³/mol. The molecule has 2 nitrogen and oxygen atoms in total. The number of benzene rings is 1. The van der Waals surface area contributed by atoms with E-state index < -0.39 is 0 Å². The van der Waals surface area contributed by atoms with Gasteiger partial charge >= 0.3 is 0 Å². The minimum atomic E-state index is 0.568. The largest absolute Gasteiger partial charge is 0.488 e. The fourth-order valence-electron chi connectivity index (χ4n) is 1.86. The maximum atomic E-state index is 5.92. The average Bonchev–Trinajstić information content (AvgIpc) is 2.83. The number of thiophene rings is 1. The van der Waals surface area contributed by atoms with Gasteiger partial charge in [0.2, 0.25) is 0 Å². The molecule has 1 aromatic heterocycles. The predicted octanol–water partition coefficient (Wildman–Crippen LogP) is 4.73. The molecule has 108 valence electrons. The molecule has 0 fully saturated rings. The molecule has 0 unspecified atom stereocenters. The zero-order chi connectivity index (χ0) is 14.4. The molecule has 4 heteroatoms. The number of hydrogen-bond acceptors (Lipinski definition) is 3. The van der Waals surface area contributed by atoms with Crippen LogP contribution >= 0.6 is 22.9 Å². The molecular weight excluding hydrogens is 290 g/mol. The fraction of sp³-hybridized carbons (Fsp3) is 0.375. The van der Waals surface area contributed by atoms with Crippen LogP contribution in [0.1, 0.15) is 24.3 Å². The highest BCUT2D eigenvalue weighted by atomic mass is 35.5. The van der Waals surface area contributed by atoms with Crippen LogP contribution in [0.4, 0.5) is 0 Å². The van der Waals surface area contributed by atoms with Crippen molar-refractivity contribution >= 4 is 22.9 Å². The first-order valence-electron chi connectivity index (χ1n) is 6.81. The second-order valence-corrected chi connectivity index (χ2v) is 6.93. The van der Waals surface area contributed by atoms with Crippen LogP contribution in [-0.2, 0) is 13.2 Å². The summed E-state index contributed by atoms with van der Waals surface area (Å²) in [6, 6.07) is 12.1. The molecule has 1 N–H and O–H groups in total. The summed E-state index contributed by atoms with van der Waals surface area (Å²) in [5.74, 6) is 1.59. The van der Waals surface area contributed by atoms with Crippen LogP contribution in [0.15, 0.2) is 36.4 Å². The minimum Gasteiger partial charge on any atom is -0.488 e. The number of para-hydroxylation sites is 1. The summed E-state index contributed by atoms with van der Waals surface area (Å²) in [5.41, 5.74) is 1.19. The molecule has 1 heterocycles. The molecule has 0 spiro atoms. The molecule has 20 heavy (non-hydrogen) atoms.